The number of nitrogens with zero attached hydrogens (tertiary/aromatic N) is 3. The SMILES string of the molecule is CCC[C@H](NC(=O)[C@@H]1C[C@](C)(Oc2cc(N=C/C=C\N)nc3cc(OC)ccc23)CN1C(=O)[C@@H](NC(=O)NC(C)(C)C)C(C)(C)C)C(=O)C(=O)NC1CC1. The molecule has 0 radical (unpaired) electrons. The van der Waals surface area contributed by atoms with E-state index in [1.807, 2.05) is 48.5 Å². The molecule has 1 saturated carbocycles. The predicted molar refractivity (Wildman–Crippen MR) is 207 cm³/mol. The third-order valence-electron chi connectivity index (χ3n) is 9.04. The molecule has 54 heavy (non-hydrogen) atoms. The van der Waals surface area contributed by atoms with E-state index >= 15 is 0 Å². The molecule has 2 aromatic rings. The molecule has 6 N–H and O–H groups in total. The Morgan fingerprint density at radius 3 is 2.39 bits per heavy atom. The average Bonchev–Trinajstić information content (AvgIpc) is 3.83. The number of nitrogens with one attached hydrogen (secondary N) is 4. The monoisotopic (exact) mass is 748 g/mol. The molecule has 4 atom stereocenters. The Bertz CT molecular complexity index is 1790. The van der Waals surface area contributed by atoms with E-state index in [0.717, 1.165) is 12.8 Å². The van der Waals surface area contributed by atoms with Crippen molar-refractivity contribution in [2.75, 3.05) is 13.7 Å². The molecule has 1 aliphatic carbocycles. The first kappa shape index (κ1) is 41.5. The number of aromatic nitrogens is 1. The molecule has 1 aliphatic heterocycles. The van der Waals surface area contributed by atoms with Gasteiger partial charge in [0, 0.05) is 41.7 Å². The molecule has 1 aromatic carbocycles. The van der Waals surface area contributed by atoms with Crippen LogP contribution in [0.3, 0.4) is 0 Å². The number of ether oxygens (including phenoxy) is 2. The Morgan fingerprint density at radius 1 is 1.09 bits per heavy atom. The number of carbonyl (C=O) groups is 5. The van der Waals surface area contributed by atoms with Gasteiger partial charge in [-0.25, -0.2) is 14.8 Å². The number of aliphatic imine (C=N–C) groups is 1. The van der Waals surface area contributed by atoms with Crippen LogP contribution in [0, 0.1) is 5.41 Å². The van der Waals surface area contributed by atoms with Crippen molar-refractivity contribution in [1.82, 2.24) is 31.2 Å². The first-order valence-electron chi connectivity index (χ1n) is 18.4. The third kappa shape index (κ3) is 10.9. The normalized spacial score (nSPS) is 20.1. The summed E-state index contributed by atoms with van der Waals surface area (Å²) < 4.78 is 12.2. The Kier molecular flexibility index (Phi) is 13.0. The summed E-state index contributed by atoms with van der Waals surface area (Å²) in [6.45, 7) is 14.5. The fraction of sp³-hybridized carbons (Fsp3) is 0.564. The molecule has 1 aromatic heterocycles. The van der Waals surface area contributed by atoms with Crippen molar-refractivity contribution in [3.05, 3.63) is 36.5 Å². The van der Waals surface area contributed by atoms with Crippen LogP contribution in [0.2, 0.25) is 0 Å². The smallest absolute Gasteiger partial charge is 0.315 e. The summed E-state index contributed by atoms with van der Waals surface area (Å²) in [7, 11) is 1.55. The summed E-state index contributed by atoms with van der Waals surface area (Å²) in [5.74, 6) is -1.32. The lowest BCUT2D eigenvalue weighted by Gasteiger charge is -2.36. The number of hydrogen-bond acceptors (Lipinski definition) is 10. The third-order valence-corrected chi connectivity index (χ3v) is 9.04. The fourth-order valence-electron chi connectivity index (χ4n) is 6.26. The van der Waals surface area contributed by atoms with Crippen LogP contribution in [-0.2, 0) is 19.2 Å². The zero-order chi connectivity index (χ0) is 40.0. The number of hydrogen-bond donors (Lipinski definition) is 5. The summed E-state index contributed by atoms with van der Waals surface area (Å²) in [6.07, 6.45) is 6.75. The van der Waals surface area contributed by atoms with E-state index in [0.29, 0.717) is 34.6 Å². The Balaban J connectivity index is 1.74. The van der Waals surface area contributed by atoms with E-state index in [9.17, 15) is 24.0 Å². The highest BCUT2D eigenvalue weighted by molar-refractivity contribution is 6.38. The molecule has 0 spiro atoms. The van der Waals surface area contributed by atoms with E-state index in [4.69, 9.17) is 15.2 Å². The van der Waals surface area contributed by atoms with Gasteiger partial charge in [-0.1, -0.05) is 34.1 Å². The zero-order valence-corrected chi connectivity index (χ0v) is 32.9. The van der Waals surface area contributed by atoms with Crippen LogP contribution in [0.25, 0.3) is 10.9 Å². The van der Waals surface area contributed by atoms with Gasteiger partial charge in [-0.3, -0.25) is 19.2 Å². The van der Waals surface area contributed by atoms with Gasteiger partial charge in [0.1, 0.15) is 29.2 Å². The number of amides is 5. The van der Waals surface area contributed by atoms with Gasteiger partial charge in [-0.05, 0) is 76.8 Å². The number of pyridine rings is 1. The zero-order valence-electron chi connectivity index (χ0n) is 32.9. The van der Waals surface area contributed by atoms with Gasteiger partial charge >= 0.3 is 6.03 Å². The van der Waals surface area contributed by atoms with Crippen LogP contribution in [0.15, 0.2) is 41.5 Å². The van der Waals surface area contributed by atoms with Gasteiger partial charge in [0.25, 0.3) is 5.91 Å². The summed E-state index contributed by atoms with van der Waals surface area (Å²) in [5.41, 5.74) is 3.51. The number of likely N-dealkylation sites (tertiary alicyclic amines) is 1. The largest absolute Gasteiger partial charge is 0.497 e. The second kappa shape index (κ2) is 16.9. The summed E-state index contributed by atoms with van der Waals surface area (Å²) in [5, 5.41) is 11.8. The number of allylic oxidation sites excluding steroid dienone is 1. The Hall–Kier alpha value is -5.21. The van der Waals surface area contributed by atoms with Crippen molar-refractivity contribution in [1.29, 1.82) is 0 Å². The highest BCUT2D eigenvalue weighted by Crippen LogP contribution is 2.38. The molecular formula is C39H56N8O7. The van der Waals surface area contributed by atoms with Crippen LogP contribution in [0.4, 0.5) is 10.6 Å². The molecule has 15 nitrogen and oxygen atoms in total. The van der Waals surface area contributed by atoms with Gasteiger partial charge in [-0.2, -0.15) is 0 Å². The van der Waals surface area contributed by atoms with Crippen molar-refractivity contribution < 1.29 is 33.4 Å². The highest BCUT2D eigenvalue weighted by atomic mass is 16.5. The Labute approximate surface area is 317 Å². The number of benzene rings is 1. The molecule has 0 unspecified atom stereocenters. The maximum atomic E-state index is 14.7. The van der Waals surface area contributed by atoms with Crippen LogP contribution >= 0.6 is 0 Å². The first-order chi connectivity index (χ1) is 25.3. The number of urea groups is 1. The van der Waals surface area contributed by atoms with E-state index in [-0.39, 0.29) is 25.4 Å². The van der Waals surface area contributed by atoms with Crippen molar-refractivity contribution in [3.8, 4) is 11.5 Å². The Morgan fingerprint density at radius 2 is 1.80 bits per heavy atom. The molecule has 15 heteroatoms. The lowest BCUT2D eigenvalue weighted by atomic mass is 9.85. The molecule has 0 bridgehead atoms. The van der Waals surface area contributed by atoms with Gasteiger partial charge in [0.15, 0.2) is 5.82 Å². The minimum Gasteiger partial charge on any atom is -0.497 e. The van der Waals surface area contributed by atoms with Gasteiger partial charge in [0.05, 0.1) is 25.2 Å². The summed E-state index contributed by atoms with van der Waals surface area (Å²) in [4.78, 5) is 78.6. The standard InChI is InChI=1S/C39H56N8O7/c1-10-12-26(31(48)34(50)42-23-13-14-23)44-33(49)28-21-39(8,22-47(28)35(51)32(37(2,3)4)45-36(52)46-38(5,6)7)54-29-20-30(41-18-11-17-40)43-27-19-24(53-9)15-16-25(27)29/h11,15-20,23,26,28,32H,10,12-14,21-22,40H2,1-9H3,(H,42,50)(H,44,49)(H2,45,46,52)/b17-11-,41-18?/t26-,28-,32+,39-/m0/s1. The number of rotatable bonds is 14. The van der Waals surface area contributed by atoms with E-state index in [1.54, 1.807) is 44.4 Å². The number of Topliss-reactive ketones (excluding diaryl/α,β-unsaturated/α-hetero) is 1. The maximum Gasteiger partial charge on any atom is 0.315 e. The van der Waals surface area contributed by atoms with Gasteiger partial charge < -0.3 is 41.4 Å². The number of carbonyl (C=O) groups excluding carboxylic acids is 5. The fourth-order valence-corrected chi connectivity index (χ4v) is 6.26. The van der Waals surface area contributed by atoms with Gasteiger partial charge in [-0.15, -0.1) is 0 Å². The van der Waals surface area contributed by atoms with Crippen LogP contribution in [0.5, 0.6) is 11.5 Å². The molecule has 4 rings (SSSR count). The average molecular weight is 749 g/mol. The second-order valence-electron chi connectivity index (χ2n) is 16.4. The molecule has 2 heterocycles. The molecule has 5 amide bonds. The van der Waals surface area contributed by atoms with Crippen LogP contribution in [0.1, 0.15) is 87.5 Å². The first-order valence-corrected chi connectivity index (χ1v) is 18.4. The predicted octanol–water partition coefficient (Wildman–Crippen LogP) is 3.80. The highest BCUT2D eigenvalue weighted by Gasteiger charge is 2.51. The number of nitrogens with two attached hydrogens (primary N) is 1. The van der Waals surface area contributed by atoms with Crippen molar-refractivity contribution in [2.24, 2.45) is 16.1 Å². The van der Waals surface area contributed by atoms with Crippen LogP contribution < -0.4 is 36.5 Å². The molecule has 2 aliphatic rings. The number of ketones is 1. The van der Waals surface area contributed by atoms with Crippen molar-refractivity contribution >= 4 is 52.5 Å². The molecule has 294 valence electrons. The van der Waals surface area contributed by atoms with Crippen LogP contribution in [-0.4, -0.2) is 94.6 Å². The van der Waals surface area contributed by atoms with E-state index in [2.05, 4.69) is 31.2 Å². The number of methoxy groups -OCH3 is 1. The second-order valence-corrected chi connectivity index (χ2v) is 16.4. The molecule has 1 saturated heterocycles. The van der Waals surface area contributed by atoms with E-state index in [1.165, 1.54) is 17.3 Å². The quantitative estimate of drug-likeness (QED) is 0.141. The van der Waals surface area contributed by atoms with Crippen molar-refractivity contribution in [3.63, 3.8) is 0 Å². The van der Waals surface area contributed by atoms with Gasteiger partial charge in [0.2, 0.25) is 17.6 Å². The number of fused-ring (bicyclic) bond motifs is 1. The lowest BCUT2D eigenvalue weighted by Crippen LogP contribution is -2.61. The van der Waals surface area contributed by atoms with Crippen molar-refractivity contribution in [2.45, 2.75) is 123 Å². The molecular weight excluding hydrogens is 692 g/mol. The minimum atomic E-state index is -1.16. The lowest BCUT2D eigenvalue weighted by molar-refractivity contribution is -0.144. The molecule has 2 fully saturated rings. The minimum absolute atomic E-state index is 0.0193. The van der Waals surface area contributed by atoms with E-state index < -0.39 is 64.2 Å². The maximum absolute atomic E-state index is 14.7. The summed E-state index contributed by atoms with van der Waals surface area (Å²) in [6, 6.07) is 3.12. The topological polar surface area (TPSA) is 206 Å². The summed E-state index contributed by atoms with van der Waals surface area (Å²) >= 11 is 0.